The van der Waals surface area contributed by atoms with Crippen molar-refractivity contribution in [2.24, 2.45) is 5.92 Å². The van der Waals surface area contributed by atoms with Crippen LogP contribution in [0.5, 0.6) is 0 Å². The molecule has 0 radical (unpaired) electrons. The van der Waals surface area contributed by atoms with Crippen molar-refractivity contribution in [2.45, 2.75) is 50.7 Å². The minimum Gasteiger partial charge on any atom is -0.372 e. The van der Waals surface area contributed by atoms with Crippen LogP contribution in [0.2, 0.25) is 5.02 Å². The van der Waals surface area contributed by atoms with Crippen LogP contribution in [0.4, 0.5) is 14.5 Å². The van der Waals surface area contributed by atoms with E-state index in [4.69, 9.17) is 11.6 Å². The second kappa shape index (κ2) is 10.1. The van der Waals surface area contributed by atoms with Gasteiger partial charge < -0.3 is 15.3 Å². The number of aromatic nitrogens is 1. The Bertz CT molecular complexity index is 1340. The van der Waals surface area contributed by atoms with Crippen molar-refractivity contribution < 1.29 is 23.5 Å². The highest BCUT2D eigenvalue weighted by atomic mass is 35.5. The molecule has 194 valence electrons. The highest BCUT2D eigenvalue weighted by Crippen LogP contribution is 2.46. The number of hydrogen-bond donors (Lipinski definition) is 2. The molecule has 0 bridgehead atoms. The normalized spacial score (nSPS) is 23.4. The SMILES string of the molecule is Cc1cc(C2(O)C(=O)N(C[C@H]3CC[C@H](NC(=O)c4cc(Cl)cnc4C(F)F)CC3)c3ccccc32)cs1. The summed E-state index contributed by atoms with van der Waals surface area (Å²) in [6, 6.07) is 10.2. The third-order valence-corrected chi connectivity index (χ3v) is 8.31. The number of carbonyl (C=O) groups excluding carboxylic acids is 2. The first-order chi connectivity index (χ1) is 17.7. The van der Waals surface area contributed by atoms with Crippen LogP contribution >= 0.6 is 22.9 Å². The van der Waals surface area contributed by atoms with E-state index in [9.17, 15) is 23.5 Å². The molecule has 0 saturated heterocycles. The van der Waals surface area contributed by atoms with Gasteiger partial charge in [0.1, 0.15) is 5.69 Å². The number of amides is 2. The molecule has 6 nitrogen and oxygen atoms in total. The number of aliphatic hydroxyl groups is 1. The van der Waals surface area contributed by atoms with Gasteiger partial charge in [-0.15, -0.1) is 11.3 Å². The smallest absolute Gasteiger partial charge is 0.281 e. The van der Waals surface area contributed by atoms with Crippen LogP contribution in [0.25, 0.3) is 0 Å². The molecule has 1 fully saturated rings. The molecular formula is C27H26ClF2N3O3S. The van der Waals surface area contributed by atoms with Crippen molar-refractivity contribution in [2.75, 3.05) is 11.4 Å². The van der Waals surface area contributed by atoms with E-state index >= 15 is 0 Å². The van der Waals surface area contributed by atoms with E-state index in [0.717, 1.165) is 23.9 Å². The number of fused-ring (bicyclic) bond motifs is 1. The molecule has 1 unspecified atom stereocenters. The molecule has 2 aromatic heterocycles. The maximum Gasteiger partial charge on any atom is 0.281 e. The Balaban J connectivity index is 1.26. The van der Waals surface area contributed by atoms with Crippen LogP contribution in [-0.4, -0.2) is 34.5 Å². The molecule has 0 spiro atoms. The van der Waals surface area contributed by atoms with Crippen molar-refractivity contribution in [3.63, 3.8) is 0 Å². The van der Waals surface area contributed by atoms with Gasteiger partial charge in [-0.25, -0.2) is 8.78 Å². The number of halogens is 3. The van der Waals surface area contributed by atoms with Crippen molar-refractivity contribution in [3.8, 4) is 0 Å². The van der Waals surface area contributed by atoms with Gasteiger partial charge in [0.05, 0.1) is 16.3 Å². The van der Waals surface area contributed by atoms with Crippen molar-refractivity contribution >= 4 is 40.4 Å². The Labute approximate surface area is 222 Å². The van der Waals surface area contributed by atoms with E-state index in [2.05, 4.69) is 10.3 Å². The molecule has 2 amide bonds. The quantitative estimate of drug-likeness (QED) is 0.421. The molecule has 3 heterocycles. The summed E-state index contributed by atoms with van der Waals surface area (Å²) in [5, 5.41) is 16.4. The molecule has 2 N–H and O–H groups in total. The monoisotopic (exact) mass is 545 g/mol. The van der Waals surface area contributed by atoms with Crippen molar-refractivity contribution in [3.05, 3.63) is 80.3 Å². The lowest BCUT2D eigenvalue weighted by molar-refractivity contribution is -0.132. The Morgan fingerprint density at radius 2 is 2.00 bits per heavy atom. The van der Waals surface area contributed by atoms with E-state index < -0.39 is 23.6 Å². The third kappa shape index (κ3) is 4.76. The van der Waals surface area contributed by atoms with Crippen molar-refractivity contribution in [1.82, 2.24) is 10.3 Å². The summed E-state index contributed by atoms with van der Waals surface area (Å²) in [6.07, 6.45) is 0.984. The van der Waals surface area contributed by atoms with Crippen LogP contribution in [0.3, 0.4) is 0 Å². The summed E-state index contributed by atoms with van der Waals surface area (Å²) in [7, 11) is 0. The minimum absolute atomic E-state index is 0.117. The lowest BCUT2D eigenvalue weighted by Crippen LogP contribution is -2.44. The van der Waals surface area contributed by atoms with Crippen LogP contribution in [-0.2, 0) is 10.4 Å². The fourth-order valence-electron chi connectivity index (χ4n) is 5.34. The van der Waals surface area contributed by atoms with Gasteiger partial charge in [0.15, 0.2) is 5.60 Å². The van der Waals surface area contributed by atoms with Gasteiger partial charge in [0.25, 0.3) is 18.2 Å². The number of nitrogens with zero attached hydrogens (tertiary/aromatic N) is 2. The average Bonchev–Trinajstić information content (AvgIpc) is 3.41. The summed E-state index contributed by atoms with van der Waals surface area (Å²) < 4.78 is 26.6. The third-order valence-electron chi connectivity index (χ3n) is 7.25. The molecule has 37 heavy (non-hydrogen) atoms. The molecule has 1 aromatic carbocycles. The van der Waals surface area contributed by atoms with E-state index in [-0.39, 0.29) is 28.5 Å². The highest BCUT2D eigenvalue weighted by molar-refractivity contribution is 7.10. The maximum atomic E-state index is 13.6. The van der Waals surface area contributed by atoms with Gasteiger partial charge in [-0.1, -0.05) is 29.8 Å². The number of alkyl halides is 2. The lowest BCUT2D eigenvalue weighted by Gasteiger charge is -2.32. The first-order valence-corrected chi connectivity index (χ1v) is 13.4. The Morgan fingerprint density at radius 1 is 1.27 bits per heavy atom. The molecule has 1 aliphatic heterocycles. The second-order valence-electron chi connectivity index (χ2n) is 9.67. The number of rotatable bonds is 6. The zero-order valence-corrected chi connectivity index (χ0v) is 21.7. The van der Waals surface area contributed by atoms with Gasteiger partial charge in [-0.3, -0.25) is 14.6 Å². The summed E-state index contributed by atoms with van der Waals surface area (Å²) in [5.74, 6) is -0.801. The predicted molar refractivity (Wildman–Crippen MR) is 138 cm³/mol. The number of aryl methyl sites for hydroxylation is 1. The zero-order valence-electron chi connectivity index (χ0n) is 20.1. The first-order valence-electron chi connectivity index (χ1n) is 12.1. The summed E-state index contributed by atoms with van der Waals surface area (Å²) in [5.41, 5.74) is -0.632. The summed E-state index contributed by atoms with van der Waals surface area (Å²) in [6.45, 7) is 2.39. The van der Waals surface area contributed by atoms with Gasteiger partial charge in [-0.05, 0) is 62.1 Å². The zero-order chi connectivity index (χ0) is 26.3. The van der Waals surface area contributed by atoms with Gasteiger partial charge in [-0.2, -0.15) is 0 Å². The first kappa shape index (κ1) is 25.8. The molecule has 1 saturated carbocycles. The standard InChI is InChI=1S/C27H26ClF2N3O3S/c1-15-10-17(14-37-15)27(36)21-4-2-3-5-22(21)33(26(27)35)13-16-6-8-19(9-7-16)32-25(34)20-11-18(28)12-31-23(20)24(29)30/h2-5,10-12,14,16,19,24,36H,6-9,13H2,1H3,(H,32,34)/t16-,19-,27?. The van der Waals surface area contributed by atoms with Gasteiger partial charge in [0, 0.05) is 34.8 Å². The lowest BCUT2D eigenvalue weighted by atomic mass is 9.85. The molecule has 3 aromatic rings. The number of pyridine rings is 1. The fraction of sp³-hybridized carbons (Fsp3) is 0.370. The van der Waals surface area contributed by atoms with E-state index in [1.807, 2.05) is 36.6 Å². The predicted octanol–water partition coefficient (Wildman–Crippen LogP) is 5.61. The Hall–Kier alpha value is -2.88. The molecule has 1 aliphatic carbocycles. The maximum absolute atomic E-state index is 13.6. The molecule has 5 rings (SSSR count). The topological polar surface area (TPSA) is 82.5 Å². The minimum atomic E-state index is -2.88. The number of thiophene rings is 1. The fourth-order valence-corrected chi connectivity index (χ4v) is 6.25. The van der Waals surface area contributed by atoms with E-state index in [1.54, 1.807) is 11.0 Å². The molecule has 10 heteroatoms. The average molecular weight is 546 g/mol. The number of benzene rings is 1. The Morgan fingerprint density at radius 3 is 2.68 bits per heavy atom. The number of carbonyl (C=O) groups is 2. The Kier molecular flexibility index (Phi) is 7.04. The van der Waals surface area contributed by atoms with Crippen LogP contribution in [0.15, 0.2) is 48.0 Å². The number of anilines is 1. The van der Waals surface area contributed by atoms with E-state index in [1.165, 1.54) is 17.4 Å². The summed E-state index contributed by atoms with van der Waals surface area (Å²) in [4.78, 5) is 32.6. The van der Waals surface area contributed by atoms with Gasteiger partial charge in [0.2, 0.25) is 0 Å². The van der Waals surface area contributed by atoms with E-state index in [0.29, 0.717) is 36.2 Å². The number of hydrogen-bond acceptors (Lipinski definition) is 5. The van der Waals surface area contributed by atoms with Crippen LogP contribution in [0.1, 0.15) is 64.2 Å². The highest BCUT2D eigenvalue weighted by Gasteiger charge is 2.51. The van der Waals surface area contributed by atoms with Crippen LogP contribution < -0.4 is 10.2 Å². The second-order valence-corrected chi connectivity index (χ2v) is 11.2. The molecular weight excluding hydrogens is 520 g/mol. The number of nitrogens with one attached hydrogen (secondary N) is 1. The molecule has 2 aliphatic rings. The number of para-hydroxylation sites is 1. The molecule has 1 atom stereocenters. The van der Waals surface area contributed by atoms with Crippen LogP contribution in [0, 0.1) is 12.8 Å². The van der Waals surface area contributed by atoms with Gasteiger partial charge >= 0.3 is 0 Å². The summed E-state index contributed by atoms with van der Waals surface area (Å²) >= 11 is 7.37. The van der Waals surface area contributed by atoms with Crippen molar-refractivity contribution in [1.29, 1.82) is 0 Å². The largest absolute Gasteiger partial charge is 0.372 e.